The second-order valence-electron chi connectivity index (χ2n) is 4.26. The fourth-order valence-corrected chi connectivity index (χ4v) is 1.93. The minimum absolute atomic E-state index is 0.0410. The normalized spacial score (nSPS) is 19.6. The van der Waals surface area contributed by atoms with Crippen LogP contribution in [0.3, 0.4) is 0 Å². The van der Waals surface area contributed by atoms with Gasteiger partial charge in [0.1, 0.15) is 13.2 Å². The Morgan fingerprint density at radius 2 is 1.75 bits per heavy atom. The van der Waals surface area contributed by atoms with Crippen molar-refractivity contribution in [2.75, 3.05) is 13.2 Å². The van der Waals surface area contributed by atoms with Gasteiger partial charge in [-0.25, -0.2) is 8.78 Å². The molecule has 0 aromatic heterocycles. The van der Waals surface area contributed by atoms with Crippen molar-refractivity contribution in [3.8, 4) is 11.5 Å². The molecule has 1 aromatic carbocycles. The zero-order valence-electron chi connectivity index (χ0n) is 8.71. The smallest absolute Gasteiger partial charge is 0.276 e. The van der Waals surface area contributed by atoms with E-state index in [1.165, 1.54) is 12.1 Å². The first-order valence-corrected chi connectivity index (χ1v) is 5.46. The number of halogens is 2. The van der Waals surface area contributed by atoms with Crippen LogP contribution in [0.15, 0.2) is 18.2 Å². The molecule has 86 valence electrons. The quantitative estimate of drug-likeness (QED) is 0.771. The summed E-state index contributed by atoms with van der Waals surface area (Å²) in [5, 5.41) is 0. The van der Waals surface area contributed by atoms with Crippen molar-refractivity contribution in [3.05, 3.63) is 23.8 Å². The molecule has 0 spiro atoms. The molecule has 2 aliphatic rings. The second-order valence-corrected chi connectivity index (χ2v) is 4.26. The molecule has 0 radical (unpaired) electrons. The van der Waals surface area contributed by atoms with E-state index < -0.39 is 11.8 Å². The Bertz CT molecular complexity index is 413. The maximum Gasteiger partial charge on any atom is 0.276 e. The Hall–Kier alpha value is -1.32. The van der Waals surface area contributed by atoms with Gasteiger partial charge in [-0.05, 0) is 31.0 Å². The van der Waals surface area contributed by atoms with Crippen LogP contribution >= 0.6 is 0 Å². The molecule has 0 saturated heterocycles. The van der Waals surface area contributed by atoms with Crippen LogP contribution < -0.4 is 9.47 Å². The van der Waals surface area contributed by atoms with Crippen molar-refractivity contribution in [2.45, 2.75) is 18.8 Å². The SMILES string of the molecule is FC(F)(c1ccc2c(c1)OCCO2)C1CC1. The highest BCUT2D eigenvalue weighted by Crippen LogP contribution is 2.50. The predicted molar refractivity (Wildman–Crippen MR) is 54.1 cm³/mol. The van der Waals surface area contributed by atoms with Crippen LogP contribution in [0.2, 0.25) is 0 Å². The molecule has 1 aliphatic carbocycles. The van der Waals surface area contributed by atoms with Crippen LogP contribution in [0.5, 0.6) is 11.5 Å². The fraction of sp³-hybridized carbons (Fsp3) is 0.500. The molecule has 0 N–H and O–H groups in total. The Morgan fingerprint density at radius 3 is 2.44 bits per heavy atom. The molecule has 3 rings (SSSR count). The summed E-state index contributed by atoms with van der Waals surface area (Å²) in [5.41, 5.74) is 0.0410. The van der Waals surface area contributed by atoms with E-state index in [9.17, 15) is 8.78 Å². The van der Waals surface area contributed by atoms with Gasteiger partial charge in [0.2, 0.25) is 0 Å². The Kier molecular flexibility index (Phi) is 2.06. The Morgan fingerprint density at radius 1 is 1.06 bits per heavy atom. The van der Waals surface area contributed by atoms with Crippen molar-refractivity contribution in [1.29, 1.82) is 0 Å². The zero-order valence-corrected chi connectivity index (χ0v) is 8.71. The van der Waals surface area contributed by atoms with E-state index in [0.29, 0.717) is 37.6 Å². The third-order valence-electron chi connectivity index (χ3n) is 3.02. The first-order chi connectivity index (χ1) is 7.68. The number of ether oxygens (including phenoxy) is 2. The summed E-state index contributed by atoms with van der Waals surface area (Å²) in [7, 11) is 0. The monoisotopic (exact) mass is 226 g/mol. The van der Waals surface area contributed by atoms with Crippen molar-refractivity contribution in [2.24, 2.45) is 5.92 Å². The van der Waals surface area contributed by atoms with Crippen LogP contribution in [-0.2, 0) is 5.92 Å². The van der Waals surface area contributed by atoms with E-state index in [-0.39, 0.29) is 5.56 Å². The van der Waals surface area contributed by atoms with E-state index in [4.69, 9.17) is 9.47 Å². The van der Waals surface area contributed by atoms with Gasteiger partial charge < -0.3 is 9.47 Å². The minimum Gasteiger partial charge on any atom is -0.486 e. The molecule has 0 bridgehead atoms. The first-order valence-electron chi connectivity index (χ1n) is 5.46. The zero-order chi connectivity index (χ0) is 11.2. The molecule has 1 aromatic rings. The number of hydrogen-bond acceptors (Lipinski definition) is 2. The summed E-state index contributed by atoms with van der Waals surface area (Å²) in [4.78, 5) is 0. The first kappa shape index (κ1) is 9.87. The maximum absolute atomic E-state index is 13.8. The van der Waals surface area contributed by atoms with E-state index in [2.05, 4.69) is 0 Å². The molecule has 0 unspecified atom stereocenters. The number of rotatable bonds is 2. The van der Waals surface area contributed by atoms with Gasteiger partial charge in [0.05, 0.1) is 0 Å². The third kappa shape index (κ3) is 1.52. The lowest BCUT2D eigenvalue weighted by Gasteiger charge is -2.21. The summed E-state index contributed by atoms with van der Waals surface area (Å²) < 4.78 is 38.2. The van der Waals surface area contributed by atoms with Crippen LogP contribution in [0, 0.1) is 5.92 Å². The van der Waals surface area contributed by atoms with Crippen molar-refractivity contribution in [1.82, 2.24) is 0 Å². The van der Waals surface area contributed by atoms with Gasteiger partial charge in [-0.15, -0.1) is 0 Å². The molecule has 1 aliphatic heterocycles. The summed E-state index contributed by atoms with van der Waals surface area (Å²) in [6.07, 6.45) is 1.23. The van der Waals surface area contributed by atoms with Gasteiger partial charge in [0, 0.05) is 11.5 Å². The Labute approximate surface area is 92.2 Å². The highest BCUT2D eigenvalue weighted by atomic mass is 19.3. The molecular formula is C12H12F2O2. The minimum atomic E-state index is -2.73. The van der Waals surface area contributed by atoms with E-state index in [1.807, 2.05) is 0 Å². The van der Waals surface area contributed by atoms with Gasteiger partial charge in [-0.3, -0.25) is 0 Å². The van der Waals surface area contributed by atoms with E-state index in [1.54, 1.807) is 6.07 Å². The molecule has 16 heavy (non-hydrogen) atoms. The van der Waals surface area contributed by atoms with Crippen LogP contribution in [0.25, 0.3) is 0 Å². The highest BCUT2D eigenvalue weighted by Gasteiger charge is 2.48. The second kappa shape index (κ2) is 3.34. The van der Waals surface area contributed by atoms with Gasteiger partial charge >= 0.3 is 0 Å². The van der Waals surface area contributed by atoms with E-state index in [0.717, 1.165) is 0 Å². The third-order valence-corrected chi connectivity index (χ3v) is 3.02. The van der Waals surface area contributed by atoms with Crippen molar-refractivity contribution in [3.63, 3.8) is 0 Å². The van der Waals surface area contributed by atoms with Crippen LogP contribution in [0.1, 0.15) is 18.4 Å². The summed E-state index contributed by atoms with van der Waals surface area (Å²) in [6.45, 7) is 0.900. The molecule has 1 heterocycles. The highest BCUT2D eigenvalue weighted by molar-refractivity contribution is 5.45. The van der Waals surface area contributed by atoms with Crippen molar-refractivity contribution < 1.29 is 18.3 Å². The topological polar surface area (TPSA) is 18.5 Å². The molecule has 0 amide bonds. The molecule has 0 atom stereocenters. The Balaban J connectivity index is 1.96. The molecule has 1 saturated carbocycles. The largest absolute Gasteiger partial charge is 0.486 e. The van der Waals surface area contributed by atoms with Gasteiger partial charge in [-0.1, -0.05) is 0 Å². The lowest BCUT2D eigenvalue weighted by Crippen LogP contribution is -2.19. The number of fused-ring (bicyclic) bond motifs is 1. The molecule has 1 fully saturated rings. The molecule has 2 nitrogen and oxygen atoms in total. The fourth-order valence-electron chi connectivity index (χ4n) is 1.93. The van der Waals surface area contributed by atoms with Gasteiger partial charge in [-0.2, -0.15) is 0 Å². The molecule has 4 heteroatoms. The summed E-state index contributed by atoms with van der Waals surface area (Å²) in [5.74, 6) is -2.23. The van der Waals surface area contributed by atoms with Gasteiger partial charge in [0.15, 0.2) is 11.5 Å². The summed E-state index contributed by atoms with van der Waals surface area (Å²) in [6, 6.07) is 4.42. The van der Waals surface area contributed by atoms with Gasteiger partial charge in [0.25, 0.3) is 5.92 Å². The average Bonchev–Trinajstić information content (AvgIpc) is 3.12. The number of alkyl halides is 2. The predicted octanol–water partition coefficient (Wildman–Crippen LogP) is 2.96. The molecular weight excluding hydrogens is 214 g/mol. The van der Waals surface area contributed by atoms with Crippen LogP contribution in [-0.4, -0.2) is 13.2 Å². The number of hydrogen-bond donors (Lipinski definition) is 0. The average molecular weight is 226 g/mol. The number of benzene rings is 1. The van der Waals surface area contributed by atoms with Crippen molar-refractivity contribution >= 4 is 0 Å². The summed E-state index contributed by atoms with van der Waals surface area (Å²) >= 11 is 0. The standard InChI is InChI=1S/C12H12F2O2/c13-12(14,8-1-2-8)9-3-4-10-11(7-9)16-6-5-15-10/h3-4,7-8H,1-2,5-6H2. The maximum atomic E-state index is 13.8. The lowest BCUT2D eigenvalue weighted by molar-refractivity contribution is -0.0289. The van der Waals surface area contributed by atoms with Crippen LogP contribution in [0.4, 0.5) is 8.78 Å². The van der Waals surface area contributed by atoms with E-state index >= 15 is 0 Å². The lowest BCUT2D eigenvalue weighted by atomic mass is 10.0.